The maximum absolute atomic E-state index is 13.7. The molecule has 1 heterocycles. The second kappa shape index (κ2) is 7.85. The maximum Gasteiger partial charge on any atom is 0.344 e. The van der Waals surface area contributed by atoms with E-state index in [1.54, 1.807) is 36.4 Å². The molecule has 0 bridgehead atoms. The molecule has 3 aromatic carbocycles. The molecular formula is C24H17FO5S. The summed E-state index contributed by atoms with van der Waals surface area (Å²) in [6.45, 7) is 0. The minimum Gasteiger partial charge on any atom is -0.507 e. The van der Waals surface area contributed by atoms with E-state index >= 15 is 0 Å². The van der Waals surface area contributed by atoms with E-state index in [1.165, 1.54) is 24.3 Å². The lowest BCUT2D eigenvalue weighted by Gasteiger charge is -2.08. The molecule has 0 aliphatic carbocycles. The van der Waals surface area contributed by atoms with Gasteiger partial charge in [-0.15, -0.1) is 0 Å². The Balaban J connectivity index is 1.94. The fraction of sp³-hybridized carbons (Fsp3) is 0.0417. The second-order valence-corrected chi connectivity index (χ2v) is 9.03. The Labute approximate surface area is 178 Å². The van der Waals surface area contributed by atoms with Gasteiger partial charge in [-0.25, -0.2) is 17.6 Å². The Kier molecular flexibility index (Phi) is 5.20. The van der Waals surface area contributed by atoms with Crippen molar-refractivity contribution in [1.82, 2.24) is 0 Å². The minimum absolute atomic E-state index is 0.122. The highest BCUT2D eigenvalue weighted by molar-refractivity contribution is 7.90. The molecule has 5 nitrogen and oxygen atoms in total. The summed E-state index contributed by atoms with van der Waals surface area (Å²) < 4.78 is 42.8. The summed E-state index contributed by atoms with van der Waals surface area (Å²) in [7, 11) is -3.40. The number of ether oxygens (including phenoxy) is 1. The van der Waals surface area contributed by atoms with Gasteiger partial charge in [-0.1, -0.05) is 42.5 Å². The average Bonchev–Trinajstić information content (AvgIpc) is 3.06. The number of hydrogen-bond donors (Lipinski definition) is 1. The molecule has 156 valence electrons. The highest BCUT2D eigenvalue weighted by atomic mass is 32.2. The smallest absolute Gasteiger partial charge is 0.344 e. The van der Waals surface area contributed by atoms with Crippen LogP contribution in [0.15, 0.2) is 83.5 Å². The van der Waals surface area contributed by atoms with Crippen molar-refractivity contribution in [3.63, 3.8) is 0 Å². The Bertz CT molecular complexity index is 1340. The molecule has 0 spiro atoms. The molecule has 1 N–H and O–H groups in total. The summed E-state index contributed by atoms with van der Waals surface area (Å²) in [4.78, 5) is 12.9. The van der Waals surface area contributed by atoms with Crippen LogP contribution in [0.3, 0.4) is 0 Å². The molecular weight excluding hydrogens is 419 g/mol. The standard InChI is InChI=1S/C24H17FO5S/c1-31(28,29)19-10-7-16(8-11-19)22-21(14-17-13-18(25)9-12-20(17)26)30-24(27)23(22)15-5-3-2-4-6-15/h2-14,26H,1H3/b21-14-. The zero-order valence-electron chi connectivity index (χ0n) is 16.4. The first-order valence-electron chi connectivity index (χ1n) is 9.27. The van der Waals surface area contributed by atoms with Gasteiger partial charge in [0, 0.05) is 17.4 Å². The normalized spacial score (nSPS) is 15.4. The quantitative estimate of drug-likeness (QED) is 0.612. The van der Waals surface area contributed by atoms with Crippen LogP contribution in [-0.2, 0) is 19.4 Å². The fourth-order valence-electron chi connectivity index (χ4n) is 3.33. The first-order valence-corrected chi connectivity index (χ1v) is 11.2. The number of phenols is 1. The Hall–Kier alpha value is -3.71. The van der Waals surface area contributed by atoms with Gasteiger partial charge in [0.15, 0.2) is 9.84 Å². The highest BCUT2D eigenvalue weighted by Gasteiger charge is 2.32. The summed E-state index contributed by atoms with van der Waals surface area (Å²) in [5.41, 5.74) is 2.00. The van der Waals surface area contributed by atoms with Crippen molar-refractivity contribution in [2.24, 2.45) is 0 Å². The van der Waals surface area contributed by atoms with E-state index in [-0.39, 0.29) is 27.5 Å². The lowest BCUT2D eigenvalue weighted by atomic mass is 9.94. The number of halogens is 1. The largest absolute Gasteiger partial charge is 0.507 e. The number of aromatic hydroxyl groups is 1. The average molecular weight is 436 g/mol. The van der Waals surface area contributed by atoms with Gasteiger partial charge in [0.25, 0.3) is 0 Å². The van der Waals surface area contributed by atoms with Crippen molar-refractivity contribution in [3.05, 3.63) is 101 Å². The fourth-order valence-corrected chi connectivity index (χ4v) is 3.96. The molecule has 4 rings (SSSR count). The van der Waals surface area contributed by atoms with Crippen LogP contribution in [0.1, 0.15) is 16.7 Å². The number of rotatable bonds is 4. The van der Waals surface area contributed by atoms with Crippen molar-refractivity contribution in [3.8, 4) is 5.75 Å². The molecule has 0 unspecified atom stereocenters. The number of hydrogen-bond acceptors (Lipinski definition) is 5. The topological polar surface area (TPSA) is 80.7 Å². The molecule has 3 aromatic rings. The van der Waals surface area contributed by atoms with Crippen LogP contribution in [0.25, 0.3) is 17.2 Å². The van der Waals surface area contributed by atoms with Crippen LogP contribution in [0, 0.1) is 5.82 Å². The van der Waals surface area contributed by atoms with E-state index < -0.39 is 21.6 Å². The lowest BCUT2D eigenvalue weighted by Crippen LogP contribution is -1.98. The van der Waals surface area contributed by atoms with Crippen LogP contribution in [-0.4, -0.2) is 25.7 Å². The number of phenolic OH excluding ortho intramolecular Hbond substituents is 1. The molecule has 0 atom stereocenters. The summed E-state index contributed by atoms with van der Waals surface area (Å²) >= 11 is 0. The number of cyclic esters (lactones) is 1. The third-order valence-electron chi connectivity index (χ3n) is 4.81. The van der Waals surface area contributed by atoms with Gasteiger partial charge in [0.1, 0.15) is 17.3 Å². The SMILES string of the molecule is CS(=O)(=O)c1ccc(C2=C(c3ccccc3)C(=O)O/C2=C\c2cc(F)ccc2O)cc1. The molecule has 7 heteroatoms. The number of carbonyl (C=O) groups excluding carboxylic acids is 1. The molecule has 1 aliphatic heterocycles. The van der Waals surface area contributed by atoms with E-state index in [1.807, 2.05) is 6.07 Å². The van der Waals surface area contributed by atoms with Gasteiger partial charge in [-0.3, -0.25) is 0 Å². The number of benzene rings is 3. The van der Waals surface area contributed by atoms with Crippen LogP contribution in [0.2, 0.25) is 0 Å². The van der Waals surface area contributed by atoms with E-state index in [2.05, 4.69) is 0 Å². The molecule has 0 saturated heterocycles. The first kappa shape index (κ1) is 20.6. The number of carbonyl (C=O) groups is 1. The van der Waals surface area contributed by atoms with Gasteiger partial charge in [0.2, 0.25) is 0 Å². The Morgan fingerprint density at radius 2 is 1.55 bits per heavy atom. The minimum atomic E-state index is -3.40. The highest BCUT2D eigenvalue weighted by Crippen LogP contribution is 2.41. The predicted molar refractivity (Wildman–Crippen MR) is 115 cm³/mol. The monoisotopic (exact) mass is 436 g/mol. The van der Waals surface area contributed by atoms with Crippen LogP contribution in [0.4, 0.5) is 4.39 Å². The van der Waals surface area contributed by atoms with Crippen LogP contribution in [0.5, 0.6) is 5.75 Å². The molecule has 0 radical (unpaired) electrons. The second-order valence-electron chi connectivity index (χ2n) is 7.01. The molecule has 31 heavy (non-hydrogen) atoms. The zero-order valence-corrected chi connectivity index (χ0v) is 17.2. The van der Waals surface area contributed by atoms with Gasteiger partial charge < -0.3 is 9.84 Å². The van der Waals surface area contributed by atoms with Crippen molar-refractivity contribution < 1.29 is 27.4 Å². The summed E-state index contributed by atoms with van der Waals surface area (Å²) in [5, 5.41) is 10.1. The van der Waals surface area contributed by atoms with E-state index in [0.717, 1.165) is 18.4 Å². The maximum atomic E-state index is 13.7. The van der Waals surface area contributed by atoms with Crippen molar-refractivity contribution in [2.75, 3.05) is 6.26 Å². The third kappa shape index (κ3) is 4.13. The van der Waals surface area contributed by atoms with E-state index in [9.17, 15) is 22.7 Å². The molecule has 0 amide bonds. The van der Waals surface area contributed by atoms with Crippen LogP contribution >= 0.6 is 0 Å². The van der Waals surface area contributed by atoms with E-state index in [4.69, 9.17) is 4.74 Å². The third-order valence-corrected chi connectivity index (χ3v) is 5.94. The van der Waals surface area contributed by atoms with Gasteiger partial charge >= 0.3 is 5.97 Å². The van der Waals surface area contributed by atoms with Crippen molar-refractivity contribution in [1.29, 1.82) is 0 Å². The Morgan fingerprint density at radius 3 is 2.19 bits per heavy atom. The molecule has 0 aromatic heterocycles. The van der Waals surface area contributed by atoms with Crippen LogP contribution < -0.4 is 0 Å². The summed E-state index contributed by atoms with van der Waals surface area (Å²) in [5.74, 6) is -1.21. The van der Waals surface area contributed by atoms with E-state index in [0.29, 0.717) is 16.7 Å². The summed E-state index contributed by atoms with van der Waals surface area (Å²) in [6, 6.07) is 18.4. The van der Waals surface area contributed by atoms with Crippen molar-refractivity contribution in [2.45, 2.75) is 4.90 Å². The zero-order chi connectivity index (χ0) is 22.2. The number of allylic oxidation sites excluding steroid dienone is 1. The number of sulfone groups is 1. The molecule has 0 fully saturated rings. The molecule has 1 aliphatic rings. The molecule has 0 saturated carbocycles. The number of esters is 1. The Morgan fingerprint density at radius 1 is 0.903 bits per heavy atom. The lowest BCUT2D eigenvalue weighted by molar-refractivity contribution is -0.131. The van der Waals surface area contributed by atoms with Gasteiger partial charge in [-0.05, 0) is 47.5 Å². The van der Waals surface area contributed by atoms with Crippen molar-refractivity contribution >= 4 is 33.0 Å². The first-order chi connectivity index (χ1) is 14.7. The van der Waals surface area contributed by atoms with Gasteiger partial charge in [-0.2, -0.15) is 0 Å². The van der Waals surface area contributed by atoms with Gasteiger partial charge in [0.05, 0.1) is 10.5 Å². The predicted octanol–water partition coefficient (Wildman–Crippen LogP) is 4.44. The summed E-state index contributed by atoms with van der Waals surface area (Å²) in [6.07, 6.45) is 2.49.